The van der Waals surface area contributed by atoms with Crippen molar-refractivity contribution < 1.29 is 0 Å². The molecule has 1 aromatic heterocycles. The van der Waals surface area contributed by atoms with Crippen LogP contribution in [0.2, 0.25) is 0 Å². The largest absolute Gasteiger partial charge is 0.350 e. The van der Waals surface area contributed by atoms with Gasteiger partial charge in [0.25, 0.3) is 0 Å². The molecule has 2 unspecified atom stereocenters. The molecule has 23 heavy (non-hydrogen) atoms. The zero-order valence-corrected chi connectivity index (χ0v) is 14.8. The van der Waals surface area contributed by atoms with Gasteiger partial charge in [0.05, 0.1) is 0 Å². The number of nitrogens with zero attached hydrogens (tertiary/aromatic N) is 4. The van der Waals surface area contributed by atoms with Crippen LogP contribution in [0.15, 0.2) is 12.4 Å². The van der Waals surface area contributed by atoms with Gasteiger partial charge in [-0.25, -0.2) is 9.97 Å². The molecular weight excluding hydrogens is 286 g/mol. The number of anilines is 1. The average Bonchev–Trinajstić information content (AvgIpc) is 2.56. The maximum Gasteiger partial charge on any atom is 0.222 e. The molecule has 5 heteroatoms. The minimum atomic E-state index is 0.466. The van der Waals surface area contributed by atoms with Gasteiger partial charge in [0, 0.05) is 31.5 Å². The Balaban J connectivity index is 1.57. The summed E-state index contributed by atoms with van der Waals surface area (Å²) < 4.78 is 0. The minimum Gasteiger partial charge on any atom is -0.350 e. The Morgan fingerprint density at radius 3 is 2.43 bits per heavy atom. The monoisotopic (exact) mass is 317 g/mol. The fraction of sp³-hybridized carbons (Fsp3) is 0.778. The third-order valence-electron chi connectivity index (χ3n) is 5.49. The van der Waals surface area contributed by atoms with Gasteiger partial charge in [-0.1, -0.05) is 13.3 Å². The molecule has 1 N–H and O–H groups in total. The molecular formula is C18H31N5. The number of hydrogen-bond acceptors (Lipinski definition) is 5. The molecule has 0 aromatic carbocycles. The average molecular weight is 317 g/mol. The summed E-state index contributed by atoms with van der Waals surface area (Å²) in [5.74, 6) is 2.20. The maximum absolute atomic E-state index is 4.59. The van der Waals surface area contributed by atoms with E-state index in [4.69, 9.17) is 0 Å². The summed E-state index contributed by atoms with van der Waals surface area (Å²) in [6.07, 6.45) is 8.99. The molecule has 2 saturated heterocycles. The van der Waals surface area contributed by atoms with Gasteiger partial charge in [0.1, 0.15) is 0 Å². The number of aromatic nitrogens is 2. The first-order chi connectivity index (χ1) is 11.1. The molecule has 128 valence electrons. The van der Waals surface area contributed by atoms with Gasteiger partial charge < -0.3 is 15.1 Å². The van der Waals surface area contributed by atoms with E-state index >= 15 is 0 Å². The Morgan fingerprint density at radius 2 is 1.78 bits per heavy atom. The van der Waals surface area contributed by atoms with Crippen molar-refractivity contribution in [3.63, 3.8) is 0 Å². The lowest BCUT2D eigenvalue weighted by atomic mass is 9.91. The number of likely N-dealkylation sites (N-methyl/N-ethyl adjacent to an activating group) is 1. The second-order valence-corrected chi connectivity index (χ2v) is 7.49. The van der Waals surface area contributed by atoms with E-state index in [0.717, 1.165) is 18.4 Å². The van der Waals surface area contributed by atoms with Gasteiger partial charge >= 0.3 is 0 Å². The number of likely N-dealkylation sites (tertiary alicyclic amines) is 2. The lowest BCUT2D eigenvalue weighted by molar-refractivity contribution is 0.192. The lowest BCUT2D eigenvalue weighted by Crippen LogP contribution is -2.44. The highest BCUT2D eigenvalue weighted by Crippen LogP contribution is 2.27. The molecule has 0 aliphatic carbocycles. The summed E-state index contributed by atoms with van der Waals surface area (Å²) in [7, 11) is 4.41. The van der Waals surface area contributed by atoms with Crippen LogP contribution < -0.4 is 5.32 Å². The first-order valence-electron chi connectivity index (χ1n) is 9.09. The zero-order valence-electron chi connectivity index (χ0n) is 14.8. The van der Waals surface area contributed by atoms with Crippen LogP contribution in [0.1, 0.15) is 44.1 Å². The number of rotatable bonds is 4. The van der Waals surface area contributed by atoms with Gasteiger partial charge in [-0.15, -0.1) is 0 Å². The molecule has 0 saturated carbocycles. The topological polar surface area (TPSA) is 44.3 Å². The van der Waals surface area contributed by atoms with E-state index in [9.17, 15) is 0 Å². The SMILES string of the molecule is CCC1CC(Nc2ncc(C3CCN(C)CC3)cn2)CN(C)C1. The van der Waals surface area contributed by atoms with Gasteiger partial charge in [-0.3, -0.25) is 0 Å². The van der Waals surface area contributed by atoms with Crippen molar-refractivity contribution in [1.29, 1.82) is 0 Å². The molecule has 5 nitrogen and oxygen atoms in total. The summed E-state index contributed by atoms with van der Waals surface area (Å²) in [6, 6.07) is 0.466. The predicted molar refractivity (Wildman–Crippen MR) is 94.8 cm³/mol. The Bertz CT molecular complexity index is 481. The quantitative estimate of drug-likeness (QED) is 0.924. The predicted octanol–water partition coefficient (Wildman–Crippen LogP) is 2.43. The van der Waals surface area contributed by atoms with E-state index in [2.05, 4.69) is 46.1 Å². The Morgan fingerprint density at radius 1 is 1.09 bits per heavy atom. The van der Waals surface area contributed by atoms with Crippen LogP contribution in [-0.2, 0) is 0 Å². The molecule has 0 amide bonds. The van der Waals surface area contributed by atoms with Gasteiger partial charge in [-0.2, -0.15) is 0 Å². The third-order valence-corrected chi connectivity index (χ3v) is 5.49. The van der Waals surface area contributed by atoms with Crippen LogP contribution in [0, 0.1) is 5.92 Å². The fourth-order valence-electron chi connectivity index (χ4n) is 3.99. The van der Waals surface area contributed by atoms with Crippen molar-refractivity contribution in [3.8, 4) is 0 Å². The van der Waals surface area contributed by atoms with Crippen LogP contribution in [0.25, 0.3) is 0 Å². The first-order valence-corrected chi connectivity index (χ1v) is 9.09. The zero-order chi connectivity index (χ0) is 16.2. The Kier molecular flexibility index (Phi) is 5.49. The van der Waals surface area contributed by atoms with E-state index < -0.39 is 0 Å². The molecule has 0 bridgehead atoms. The van der Waals surface area contributed by atoms with Gasteiger partial charge in [0.15, 0.2) is 0 Å². The van der Waals surface area contributed by atoms with Crippen molar-refractivity contribution in [3.05, 3.63) is 18.0 Å². The smallest absolute Gasteiger partial charge is 0.222 e. The summed E-state index contributed by atoms with van der Waals surface area (Å²) in [5, 5.41) is 3.54. The standard InChI is InChI=1S/C18H31N5/c1-4-14-9-17(13-23(3)12-14)21-18-19-10-16(11-20-18)15-5-7-22(2)8-6-15/h10-11,14-15,17H,4-9,12-13H2,1-3H3,(H,19,20,21). The van der Waals surface area contributed by atoms with Crippen molar-refractivity contribution in [2.75, 3.05) is 45.6 Å². The normalized spacial score (nSPS) is 28.0. The van der Waals surface area contributed by atoms with Crippen LogP contribution in [0.5, 0.6) is 0 Å². The summed E-state index contributed by atoms with van der Waals surface area (Å²) in [6.45, 7) is 6.93. The molecule has 2 aliphatic heterocycles. The second kappa shape index (κ2) is 7.58. The molecule has 0 spiro atoms. The van der Waals surface area contributed by atoms with E-state index in [0.29, 0.717) is 12.0 Å². The molecule has 0 radical (unpaired) electrons. The Labute approximate surface area is 140 Å². The molecule has 2 atom stereocenters. The fourth-order valence-corrected chi connectivity index (χ4v) is 3.99. The van der Waals surface area contributed by atoms with Crippen LogP contribution in [-0.4, -0.2) is 66.1 Å². The minimum absolute atomic E-state index is 0.466. The number of piperidine rings is 2. The van der Waals surface area contributed by atoms with Gasteiger partial charge in [0.2, 0.25) is 5.95 Å². The highest BCUT2D eigenvalue weighted by atomic mass is 15.2. The summed E-state index contributed by atoms with van der Waals surface area (Å²) >= 11 is 0. The van der Waals surface area contributed by atoms with Crippen molar-refractivity contribution in [2.24, 2.45) is 5.92 Å². The molecule has 3 rings (SSSR count). The van der Waals surface area contributed by atoms with Crippen LogP contribution in [0.3, 0.4) is 0 Å². The maximum atomic E-state index is 4.59. The van der Waals surface area contributed by atoms with E-state index in [1.165, 1.54) is 50.9 Å². The van der Waals surface area contributed by atoms with Crippen LogP contribution in [0.4, 0.5) is 5.95 Å². The molecule has 2 aliphatic rings. The summed E-state index contributed by atoms with van der Waals surface area (Å²) in [5.41, 5.74) is 1.30. The molecule has 2 fully saturated rings. The number of hydrogen-bond donors (Lipinski definition) is 1. The molecule has 1 aromatic rings. The van der Waals surface area contributed by atoms with Crippen LogP contribution >= 0.6 is 0 Å². The van der Waals surface area contributed by atoms with Gasteiger partial charge in [-0.05, 0) is 63.8 Å². The number of nitrogens with one attached hydrogen (secondary N) is 1. The van der Waals surface area contributed by atoms with Crippen molar-refractivity contribution >= 4 is 5.95 Å². The second-order valence-electron chi connectivity index (χ2n) is 7.49. The molecule has 3 heterocycles. The van der Waals surface area contributed by atoms with Crippen molar-refractivity contribution in [1.82, 2.24) is 19.8 Å². The highest BCUT2D eigenvalue weighted by molar-refractivity contribution is 5.28. The van der Waals surface area contributed by atoms with E-state index in [-0.39, 0.29) is 0 Å². The third kappa shape index (κ3) is 4.42. The lowest BCUT2D eigenvalue weighted by Gasteiger charge is -2.35. The van der Waals surface area contributed by atoms with Crippen molar-refractivity contribution in [2.45, 2.75) is 44.6 Å². The van der Waals surface area contributed by atoms with E-state index in [1.807, 2.05) is 12.4 Å². The van der Waals surface area contributed by atoms with E-state index in [1.54, 1.807) is 0 Å². The first kappa shape index (κ1) is 16.7. The summed E-state index contributed by atoms with van der Waals surface area (Å²) in [4.78, 5) is 14.0. The highest BCUT2D eigenvalue weighted by Gasteiger charge is 2.25. The Hall–Kier alpha value is -1.20.